The molecule has 0 heterocycles. The Morgan fingerprint density at radius 2 is 1.79 bits per heavy atom. The summed E-state index contributed by atoms with van der Waals surface area (Å²) in [6, 6.07) is 8.43. The van der Waals surface area contributed by atoms with Crippen molar-refractivity contribution < 1.29 is 4.74 Å². The monoisotopic (exact) mass is 263 g/mol. The molecule has 1 aromatic carbocycles. The molecular weight excluding hydrogens is 234 g/mol. The second-order valence-electron chi connectivity index (χ2n) is 5.82. The van der Waals surface area contributed by atoms with Crippen LogP contribution in [0, 0.1) is 11.8 Å². The summed E-state index contributed by atoms with van der Waals surface area (Å²) < 4.78 is 5.71. The second kappa shape index (κ2) is 8.98. The van der Waals surface area contributed by atoms with Crippen molar-refractivity contribution in [3.63, 3.8) is 0 Å². The lowest BCUT2D eigenvalue weighted by Crippen LogP contribution is -2.20. The SMILES string of the molecule is CCC(C)CNCc1ccc(OCCC(C)C)cc1. The minimum Gasteiger partial charge on any atom is -0.494 e. The van der Waals surface area contributed by atoms with E-state index < -0.39 is 0 Å². The number of benzene rings is 1. The van der Waals surface area contributed by atoms with Gasteiger partial charge in [-0.15, -0.1) is 0 Å². The standard InChI is InChI=1S/C17H29NO/c1-5-15(4)12-18-13-16-6-8-17(9-7-16)19-11-10-14(2)3/h6-9,14-15,18H,5,10-13H2,1-4H3. The van der Waals surface area contributed by atoms with Crippen molar-refractivity contribution in [3.8, 4) is 5.75 Å². The van der Waals surface area contributed by atoms with E-state index in [1.165, 1.54) is 12.0 Å². The zero-order valence-electron chi connectivity index (χ0n) is 12.9. The molecule has 1 unspecified atom stereocenters. The van der Waals surface area contributed by atoms with Gasteiger partial charge in [0.2, 0.25) is 0 Å². The maximum atomic E-state index is 5.71. The number of rotatable bonds is 9. The molecule has 0 amide bonds. The number of hydrogen-bond acceptors (Lipinski definition) is 2. The highest BCUT2D eigenvalue weighted by molar-refractivity contribution is 5.27. The summed E-state index contributed by atoms with van der Waals surface area (Å²) in [5, 5.41) is 3.49. The molecular formula is C17H29NO. The van der Waals surface area contributed by atoms with E-state index in [1.807, 2.05) is 0 Å². The number of nitrogens with one attached hydrogen (secondary N) is 1. The molecule has 108 valence electrons. The summed E-state index contributed by atoms with van der Waals surface area (Å²) in [5.74, 6) is 2.42. The van der Waals surface area contributed by atoms with Gasteiger partial charge in [-0.2, -0.15) is 0 Å². The third-order valence-corrected chi connectivity index (χ3v) is 3.41. The van der Waals surface area contributed by atoms with E-state index in [9.17, 15) is 0 Å². The molecule has 1 N–H and O–H groups in total. The van der Waals surface area contributed by atoms with Gasteiger partial charge in [0.1, 0.15) is 5.75 Å². The average Bonchev–Trinajstić information content (AvgIpc) is 2.40. The van der Waals surface area contributed by atoms with E-state index in [4.69, 9.17) is 4.74 Å². The van der Waals surface area contributed by atoms with Crippen molar-refractivity contribution in [2.24, 2.45) is 11.8 Å². The highest BCUT2D eigenvalue weighted by atomic mass is 16.5. The van der Waals surface area contributed by atoms with Gasteiger partial charge < -0.3 is 10.1 Å². The highest BCUT2D eigenvalue weighted by Gasteiger charge is 2.00. The van der Waals surface area contributed by atoms with Crippen LogP contribution in [0.15, 0.2) is 24.3 Å². The molecule has 2 heteroatoms. The Morgan fingerprint density at radius 1 is 1.11 bits per heavy atom. The van der Waals surface area contributed by atoms with E-state index in [1.54, 1.807) is 0 Å². The van der Waals surface area contributed by atoms with Crippen LogP contribution in [0.5, 0.6) is 5.75 Å². The minimum atomic E-state index is 0.698. The number of hydrogen-bond donors (Lipinski definition) is 1. The molecule has 0 radical (unpaired) electrons. The lowest BCUT2D eigenvalue weighted by Gasteiger charge is -2.11. The van der Waals surface area contributed by atoms with Crippen LogP contribution in [0.25, 0.3) is 0 Å². The van der Waals surface area contributed by atoms with Crippen LogP contribution in [0.3, 0.4) is 0 Å². The fraction of sp³-hybridized carbons (Fsp3) is 0.647. The molecule has 1 rings (SSSR count). The molecule has 1 atom stereocenters. The molecule has 0 aliphatic heterocycles. The quantitative estimate of drug-likeness (QED) is 0.719. The van der Waals surface area contributed by atoms with Gasteiger partial charge in [-0.1, -0.05) is 46.2 Å². The minimum absolute atomic E-state index is 0.698. The van der Waals surface area contributed by atoms with Crippen molar-refractivity contribution in [3.05, 3.63) is 29.8 Å². The summed E-state index contributed by atoms with van der Waals surface area (Å²) in [6.07, 6.45) is 2.34. The molecule has 19 heavy (non-hydrogen) atoms. The predicted molar refractivity (Wildman–Crippen MR) is 82.6 cm³/mol. The Balaban J connectivity index is 2.27. The Bertz CT molecular complexity index is 332. The normalized spacial score (nSPS) is 12.7. The Labute approximate surface area is 118 Å². The van der Waals surface area contributed by atoms with Crippen LogP contribution in [0.1, 0.15) is 46.1 Å². The highest BCUT2D eigenvalue weighted by Crippen LogP contribution is 2.13. The van der Waals surface area contributed by atoms with Gasteiger partial charge in [0.05, 0.1) is 6.61 Å². The topological polar surface area (TPSA) is 21.3 Å². The Morgan fingerprint density at radius 3 is 2.37 bits per heavy atom. The van der Waals surface area contributed by atoms with Gasteiger partial charge in [-0.25, -0.2) is 0 Å². The molecule has 0 aromatic heterocycles. The van der Waals surface area contributed by atoms with Crippen LogP contribution in [-0.4, -0.2) is 13.2 Å². The molecule has 0 saturated heterocycles. The Kier molecular flexibility index (Phi) is 7.57. The molecule has 2 nitrogen and oxygen atoms in total. The molecule has 0 spiro atoms. The van der Waals surface area contributed by atoms with E-state index >= 15 is 0 Å². The Hall–Kier alpha value is -1.02. The number of ether oxygens (including phenoxy) is 1. The molecule has 0 bridgehead atoms. The zero-order chi connectivity index (χ0) is 14.1. The zero-order valence-corrected chi connectivity index (χ0v) is 12.9. The summed E-state index contributed by atoms with van der Waals surface area (Å²) in [4.78, 5) is 0. The summed E-state index contributed by atoms with van der Waals surface area (Å²) in [7, 11) is 0. The first-order valence-corrected chi connectivity index (χ1v) is 7.54. The van der Waals surface area contributed by atoms with Crippen LogP contribution in [-0.2, 0) is 6.54 Å². The van der Waals surface area contributed by atoms with E-state index in [0.717, 1.165) is 37.8 Å². The molecule has 0 saturated carbocycles. The first-order chi connectivity index (χ1) is 9.11. The van der Waals surface area contributed by atoms with Crippen LogP contribution >= 0.6 is 0 Å². The van der Waals surface area contributed by atoms with Gasteiger partial charge in [-0.05, 0) is 42.5 Å². The molecule has 0 fully saturated rings. The third kappa shape index (κ3) is 7.22. The maximum Gasteiger partial charge on any atom is 0.119 e. The second-order valence-corrected chi connectivity index (χ2v) is 5.82. The van der Waals surface area contributed by atoms with Crippen LogP contribution < -0.4 is 10.1 Å². The van der Waals surface area contributed by atoms with E-state index in [2.05, 4.69) is 57.3 Å². The molecule has 1 aromatic rings. The van der Waals surface area contributed by atoms with E-state index in [0.29, 0.717) is 5.92 Å². The summed E-state index contributed by atoms with van der Waals surface area (Å²) in [6.45, 7) is 11.8. The van der Waals surface area contributed by atoms with Gasteiger partial charge in [-0.3, -0.25) is 0 Å². The van der Waals surface area contributed by atoms with Gasteiger partial charge in [0.15, 0.2) is 0 Å². The van der Waals surface area contributed by atoms with Crippen LogP contribution in [0.4, 0.5) is 0 Å². The fourth-order valence-electron chi connectivity index (χ4n) is 1.72. The summed E-state index contributed by atoms with van der Waals surface area (Å²) >= 11 is 0. The maximum absolute atomic E-state index is 5.71. The van der Waals surface area contributed by atoms with Gasteiger partial charge in [0, 0.05) is 6.54 Å². The van der Waals surface area contributed by atoms with E-state index in [-0.39, 0.29) is 0 Å². The van der Waals surface area contributed by atoms with Crippen molar-refractivity contribution >= 4 is 0 Å². The smallest absolute Gasteiger partial charge is 0.119 e. The average molecular weight is 263 g/mol. The fourth-order valence-corrected chi connectivity index (χ4v) is 1.72. The lowest BCUT2D eigenvalue weighted by molar-refractivity contribution is 0.289. The van der Waals surface area contributed by atoms with Crippen molar-refractivity contribution in [2.45, 2.75) is 47.1 Å². The van der Waals surface area contributed by atoms with Gasteiger partial charge >= 0.3 is 0 Å². The lowest BCUT2D eigenvalue weighted by atomic mass is 10.1. The van der Waals surface area contributed by atoms with Crippen molar-refractivity contribution in [2.75, 3.05) is 13.2 Å². The first-order valence-electron chi connectivity index (χ1n) is 7.54. The predicted octanol–water partition coefficient (Wildman–Crippen LogP) is 4.25. The molecule has 0 aliphatic rings. The molecule has 0 aliphatic carbocycles. The summed E-state index contributed by atoms with van der Waals surface area (Å²) in [5.41, 5.74) is 1.32. The van der Waals surface area contributed by atoms with Crippen LogP contribution in [0.2, 0.25) is 0 Å². The van der Waals surface area contributed by atoms with Crippen molar-refractivity contribution in [1.29, 1.82) is 0 Å². The first kappa shape index (κ1) is 16.0. The van der Waals surface area contributed by atoms with Crippen molar-refractivity contribution in [1.82, 2.24) is 5.32 Å². The third-order valence-electron chi connectivity index (χ3n) is 3.41. The van der Waals surface area contributed by atoms with Gasteiger partial charge in [0.25, 0.3) is 0 Å². The largest absolute Gasteiger partial charge is 0.494 e.